The van der Waals surface area contributed by atoms with E-state index in [2.05, 4.69) is 5.32 Å². The predicted molar refractivity (Wildman–Crippen MR) is 101 cm³/mol. The van der Waals surface area contributed by atoms with E-state index in [1.165, 1.54) is 24.3 Å². The van der Waals surface area contributed by atoms with Crippen molar-refractivity contribution in [2.24, 2.45) is 0 Å². The third-order valence-electron chi connectivity index (χ3n) is 3.84. The van der Waals surface area contributed by atoms with Crippen LogP contribution in [0.2, 0.25) is 0 Å². The summed E-state index contributed by atoms with van der Waals surface area (Å²) >= 11 is 0. The lowest BCUT2D eigenvalue weighted by atomic mass is 10.1. The monoisotopic (exact) mass is 427 g/mol. The largest absolute Gasteiger partial charge is 0.482 e. The molecule has 0 atom stereocenters. The molecule has 0 aliphatic carbocycles. The van der Waals surface area contributed by atoms with Crippen LogP contribution in [0.15, 0.2) is 52.9 Å². The van der Waals surface area contributed by atoms with Crippen LogP contribution in [0.5, 0.6) is 5.75 Å². The van der Waals surface area contributed by atoms with E-state index in [0.717, 1.165) is 6.26 Å². The molecule has 3 aromatic rings. The van der Waals surface area contributed by atoms with Gasteiger partial charge in [-0.05, 0) is 18.2 Å². The van der Waals surface area contributed by atoms with Gasteiger partial charge in [-0.2, -0.15) is 13.2 Å². The lowest BCUT2D eigenvalue weighted by Crippen LogP contribution is -2.20. The minimum Gasteiger partial charge on any atom is -0.482 e. The van der Waals surface area contributed by atoms with Crippen LogP contribution in [-0.4, -0.2) is 33.4 Å². The Hall–Kier alpha value is -3.01. The second-order valence-electron chi connectivity index (χ2n) is 6.33. The highest BCUT2D eigenvalue weighted by Crippen LogP contribution is 2.30. The summed E-state index contributed by atoms with van der Waals surface area (Å²) in [5.41, 5.74) is 0.486. The molecule has 29 heavy (non-hydrogen) atoms. The van der Waals surface area contributed by atoms with Crippen LogP contribution < -0.4 is 10.1 Å². The molecule has 154 valence electrons. The number of carbonyl (C=O) groups excluding carboxylic acids is 1. The molecule has 0 unspecified atom stereocenters. The molecule has 1 N–H and O–H groups in total. The number of furan rings is 1. The Balaban J connectivity index is 1.94. The van der Waals surface area contributed by atoms with Crippen molar-refractivity contribution in [2.75, 3.05) is 18.2 Å². The maximum atomic E-state index is 12.8. The first-order chi connectivity index (χ1) is 13.5. The van der Waals surface area contributed by atoms with Gasteiger partial charge in [0.15, 0.2) is 22.2 Å². The van der Waals surface area contributed by atoms with Crippen molar-refractivity contribution in [2.45, 2.75) is 11.9 Å². The number of rotatable bonds is 6. The highest BCUT2D eigenvalue weighted by molar-refractivity contribution is 7.89. The second kappa shape index (κ2) is 7.78. The lowest BCUT2D eigenvalue weighted by Gasteiger charge is -2.13. The number of nitrogens with one attached hydrogen (secondary N) is 1. The van der Waals surface area contributed by atoms with Gasteiger partial charge in [0.1, 0.15) is 11.3 Å². The van der Waals surface area contributed by atoms with E-state index in [9.17, 15) is 26.4 Å². The molecule has 0 spiro atoms. The highest BCUT2D eigenvalue weighted by Gasteiger charge is 2.29. The summed E-state index contributed by atoms with van der Waals surface area (Å²) in [6, 6.07) is 12.1. The summed E-state index contributed by atoms with van der Waals surface area (Å²) in [7, 11) is -3.49. The number of halogens is 3. The van der Waals surface area contributed by atoms with Gasteiger partial charge in [0.25, 0.3) is 5.91 Å². The van der Waals surface area contributed by atoms with Gasteiger partial charge in [-0.15, -0.1) is 0 Å². The minimum atomic E-state index is -4.54. The van der Waals surface area contributed by atoms with Crippen molar-refractivity contribution < 1.29 is 35.5 Å². The Morgan fingerprint density at radius 1 is 1.10 bits per heavy atom. The molecule has 10 heteroatoms. The number of anilines is 1. The summed E-state index contributed by atoms with van der Waals surface area (Å²) < 4.78 is 71.2. The van der Waals surface area contributed by atoms with Crippen molar-refractivity contribution in [1.82, 2.24) is 0 Å². The molecule has 3 rings (SSSR count). The van der Waals surface area contributed by atoms with E-state index in [1.54, 1.807) is 24.3 Å². The number of fused-ring (bicyclic) bond motifs is 1. The molecule has 1 amide bonds. The number of ether oxygens (including phenoxy) is 1. The molecule has 2 aromatic carbocycles. The van der Waals surface area contributed by atoms with Crippen LogP contribution in [0.3, 0.4) is 0 Å². The summed E-state index contributed by atoms with van der Waals surface area (Å²) in [5.74, 6) is -1.65. The fourth-order valence-corrected chi connectivity index (χ4v) is 3.53. The number of alkyl halides is 3. The Kier molecular flexibility index (Phi) is 5.56. The van der Waals surface area contributed by atoms with Crippen molar-refractivity contribution in [3.63, 3.8) is 0 Å². The number of para-hydroxylation sites is 3. The van der Waals surface area contributed by atoms with Crippen molar-refractivity contribution in [1.29, 1.82) is 0 Å². The number of sulfone groups is 1. The quantitative estimate of drug-likeness (QED) is 0.638. The first-order valence-corrected chi connectivity index (χ1v) is 10.4. The summed E-state index contributed by atoms with van der Waals surface area (Å²) in [6.07, 6.45) is -3.52. The van der Waals surface area contributed by atoms with Gasteiger partial charge in [0.05, 0.1) is 11.4 Å². The molecule has 0 aliphatic rings. The van der Waals surface area contributed by atoms with E-state index in [1.807, 2.05) is 0 Å². The van der Waals surface area contributed by atoms with E-state index < -0.39 is 34.3 Å². The van der Waals surface area contributed by atoms with Crippen LogP contribution in [0.25, 0.3) is 11.0 Å². The number of amides is 1. The molecule has 0 saturated carbocycles. The van der Waals surface area contributed by atoms with Gasteiger partial charge in [-0.1, -0.05) is 30.3 Å². The smallest absolute Gasteiger partial charge is 0.422 e. The van der Waals surface area contributed by atoms with Crippen molar-refractivity contribution >= 4 is 32.4 Å². The predicted octanol–water partition coefficient (Wildman–Crippen LogP) is 4.17. The van der Waals surface area contributed by atoms with Crippen LogP contribution in [0, 0.1) is 0 Å². The van der Waals surface area contributed by atoms with Crippen molar-refractivity contribution in [3.8, 4) is 5.75 Å². The van der Waals surface area contributed by atoms with Crippen LogP contribution >= 0.6 is 0 Å². The van der Waals surface area contributed by atoms with E-state index >= 15 is 0 Å². The molecule has 0 aliphatic heterocycles. The number of carbonyl (C=O) groups is 1. The zero-order valence-corrected chi connectivity index (χ0v) is 15.9. The summed E-state index contributed by atoms with van der Waals surface area (Å²) in [4.78, 5) is 12.8. The Morgan fingerprint density at radius 3 is 2.45 bits per heavy atom. The second-order valence-corrected chi connectivity index (χ2v) is 8.47. The highest BCUT2D eigenvalue weighted by atomic mass is 32.2. The molecule has 0 bridgehead atoms. The maximum absolute atomic E-state index is 12.8. The van der Waals surface area contributed by atoms with E-state index in [4.69, 9.17) is 9.15 Å². The summed E-state index contributed by atoms with van der Waals surface area (Å²) in [6.45, 7) is -1.52. The zero-order valence-electron chi connectivity index (χ0n) is 15.1. The molecule has 1 heterocycles. The van der Waals surface area contributed by atoms with Gasteiger partial charge in [0.2, 0.25) is 0 Å². The van der Waals surface area contributed by atoms with Crippen LogP contribution in [-0.2, 0) is 15.6 Å². The normalized spacial score (nSPS) is 12.1. The average Bonchev–Trinajstić information content (AvgIpc) is 2.97. The first-order valence-electron chi connectivity index (χ1n) is 8.31. The van der Waals surface area contributed by atoms with Gasteiger partial charge < -0.3 is 14.5 Å². The molecule has 0 fully saturated rings. The average molecular weight is 427 g/mol. The zero-order chi connectivity index (χ0) is 21.2. The third-order valence-corrected chi connectivity index (χ3v) is 4.65. The molecular formula is C19H16F3NO5S. The minimum absolute atomic E-state index is 0.00693. The molecule has 0 radical (unpaired) electrons. The number of hydrogen-bond donors (Lipinski definition) is 1. The fraction of sp³-hybridized carbons (Fsp3) is 0.211. The van der Waals surface area contributed by atoms with E-state index in [0.29, 0.717) is 11.0 Å². The molecular weight excluding hydrogens is 411 g/mol. The van der Waals surface area contributed by atoms with Crippen LogP contribution in [0.4, 0.5) is 18.9 Å². The number of hydrogen-bond acceptors (Lipinski definition) is 5. The molecule has 0 saturated heterocycles. The van der Waals surface area contributed by atoms with Gasteiger partial charge in [-0.3, -0.25) is 4.79 Å². The van der Waals surface area contributed by atoms with Gasteiger partial charge >= 0.3 is 6.18 Å². The Morgan fingerprint density at radius 2 is 1.76 bits per heavy atom. The van der Waals surface area contributed by atoms with E-state index in [-0.39, 0.29) is 22.8 Å². The standard InChI is InChI=1S/C19H16F3NO5S/c1-29(25,26)10-13-12-6-2-4-8-15(12)28-17(13)18(24)23-14-7-3-5-9-16(14)27-11-19(20,21)22/h2-9H,10-11H2,1H3,(H,23,24). The fourth-order valence-electron chi connectivity index (χ4n) is 2.72. The SMILES string of the molecule is CS(=O)(=O)Cc1c(C(=O)Nc2ccccc2OCC(F)(F)F)oc2ccccc12. The number of benzene rings is 2. The Labute approximate surface area is 164 Å². The third kappa shape index (κ3) is 5.29. The van der Waals surface area contributed by atoms with Gasteiger partial charge in [0, 0.05) is 17.2 Å². The molecule has 1 aromatic heterocycles. The van der Waals surface area contributed by atoms with Crippen LogP contribution in [0.1, 0.15) is 16.1 Å². The van der Waals surface area contributed by atoms with Gasteiger partial charge in [-0.25, -0.2) is 8.42 Å². The maximum Gasteiger partial charge on any atom is 0.422 e. The topological polar surface area (TPSA) is 85.6 Å². The lowest BCUT2D eigenvalue weighted by molar-refractivity contribution is -0.153. The first kappa shape index (κ1) is 20.7. The Bertz CT molecular complexity index is 1150. The summed E-state index contributed by atoms with van der Waals surface area (Å²) in [5, 5.41) is 2.89. The molecule has 6 nitrogen and oxygen atoms in total. The van der Waals surface area contributed by atoms with Crippen molar-refractivity contribution in [3.05, 3.63) is 59.9 Å².